The first kappa shape index (κ1) is 41.5. The number of ether oxygens (including phenoxy) is 5. The van der Waals surface area contributed by atoms with Crippen LogP contribution in [0.3, 0.4) is 0 Å². The van der Waals surface area contributed by atoms with Crippen LogP contribution in [0.5, 0.6) is 28.7 Å². The second-order valence-electron chi connectivity index (χ2n) is 8.38. The zero-order valence-electron chi connectivity index (χ0n) is 24.1. The zero-order valence-corrected chi connectivity index (χ0v) is 29.6. The largest absolute Gasteiger partial charge is 0.573 e. The summed E-state index contributed by atoms with van der Waals surface area (Å²) < 4.78 is 94.5. The summed E-state index contributed by atoms with van der Waals surface area (Å²) in [5.41, 5.74) is 0.301. The molecule has 2 aromatic carbocycles. The van der Waals surface area contributed by atoms with Crippen molar-refractivity contribution in [2.75, 3.05) is 14.2 Å². The molecule has 0 aliphatic carbocycles. The third-order valence-electron chi connectivity index (χ3n) is 4.96. The molecule has 0 unspecified atom stereocenters. The number of benzene rings is 2. The van der Waals surface area contributed by atoms with Crippen LogP contribution < -0.4 is 14.2 Å². The number of pyridine rings is 2. The average molecular weight is 890 g/mol. The molecule has 21 heteroatoms. The molecule has 2 heterocycles. The fourth-order valence-electron chi connectivity index (χ4n) is 3.01. The lowest BCUT2D eigenvalue weighted by Crippen LogP contribution is -2.17. The minimum Gasteiger partial charge on any atom is -0.508 e. The molecule has 1 N–H and O–H groups in total. The number of aromatic nitrogens is 2. The maximum absolute atomic E-state index is 12.2. The molecule has 0 aliphatic rings. The van der Waals surface area contributed by atoms with E-state index >= 15 is 0 Å². The summed E-state index contributed by atoms with van der Waals surface area (Å²) in [6, 6.07) is 9.22. The van der Waals surface area contributed by atoms with E-state index in [0.29, 0.717) is 14.2 Å². The van der Waals surface area contributed by atoms with Crippen LogP contribution in [0.2, 0.25) is 15.1 Å². The lowest BCUT2D eigenvalue weighted by Gasteiger charge is -2.13. The van der Waals surface area contributed by atoms with E-state index in [1.165, 1.54) is 44.8 Å². The Balaban J connectivity index is 0.000000281. The van der Waals surface area contributed by atoms with Crippen molar-refractivity contribution in [3.8, 4) is 28.7 Å². The lowest BCUT2D eigenvalue weighted by atomic mass is 10.2. The first-order valence-corrected chi connectivity index (χ1v) is 15.1. The highest BCUT2D eigenvalue weighted by Crippen LogP contribution is 2.36. The van der Waals surface area contributed by atoms with Gasteiger partial charge in [-0.2, -0.15) is 0 Å². The monoisotopic (exact) mass is 886 g/mol. The molecule has 4 aromatic rings. The van der Waals surface area contributed by atoms with Crippen LogP contribution in [0.15, 0.2) is 70.1 Å². The second-order valence-corrected chi connectivity index (χ2v) is 11.2. The summed E-state index contributed by atoms with van der Waals surface area (Å²) in [4.78, 5) is 30.4. The number of carbonyl (C=O) groups is 2. The van der Waals surface area contributed by atoms with E-state index in [1.54, 1.807) is 0 Å². The number of nitrogens with zero attached hydrogens (tertiary/aromatic N) is 2. The zero-order chi connectivity index (χ0) is 37.1. The number of hydrogen-bond acceptors (Lipinski definition) is 10. The van der Waals surface area contributed by atoms with Gasteiger partial charge >= 0.3 is 24.7 Å². The smallest absolute Gasteiger partial charge is 0.508 e. The van der Waals surface area contributed by atoms with Crippen LogP contribution in [0.25, 0.3) is 0 Å². The third-order valence-corrected chi connectivity index (χ3v) is 6.73. The summed E-state index contributed by atoms with van der Waals surface area (Å²) in [5, 5.41) is 8.54. The van der Waals surface area contributed by atoms with Crippen molar-refractivity contribution in [3.63, 3.8) is 0 Å². The molecule has 49 heavy (non-hydrogen) atoms. The van der Waals surface area contributed by atoms with Crippen molar-refractivity contribution in [2.45, 2.75) is 12.7 Å². The standard InChI is InChI=1S/C14H8BrClF3NO4.C7H5BrClNO2.C7H4ClF3O2/c1-22-13(21)8-6-20-12(15)5-11(8)23-7-2-3-10(9(16)4-7)24-14(17,18)19;1-12-7(11)4-3-10-6(8)2-5(4)9;8-5-3-4(12)1-2-6(5)13-7(9,10)11/h2-6H,1H3;2-3H,1H3;1-3,12H. The molecule has 0 atom stereocenters. The Morgan fingerprint density at radius 2 is 1.14 bits per heavy atom. The first-order valence-electron chi connectivity index (χ1n) is 12.3. The van der Waals surface area contributed by atoms with E-state index in [2.05, 4.69) is 60.8 Å². The van der Waals surface area contributed by atoms with Gasteiger partial charge in [0.05, 0.1) is 34.9 Å². The Hall–Kier alpha value is -3.71. The van der Waals surface area contributed by atoms with Gasteiger partial charge in [-0.1, -0.05) is 34.8 Å². The fraction of sp³-hybridized carbons (Fsp3) is 0.143. The van der Waals surface area contributed by atoms with E-state index in [4.69, 9.17) is 44.6 Å². The summed E-state index contributed by atoms with van der Waals surface area (Å²) in [7, 11) is 2.48. The molecular formula is C28H17Br2Cl3F6N2O8. The number of hydrogen-bond donors (Lipinski definition) is 1. The van der Waals surface area contributed by atoms with Gasteiger partial charge in [0.2, 0.25) is 0 Å². The molecular weight excluding hydrogens is 872 g/mol. The maximum atomic E-state index is 12.2. The van der Waals surface area contributed by atoms with E-state index in [-0.39, 0.29) is 38.4 Å². The van der Waals surface area contributed by atoms with Gasteiger partial charge in [-0.15, -0.1) is 26.3 Å². The van der Waals surface area contributed by atoms with Gasteiger partial charge in [0.1, 0.15) is 43.5 Å². The molecule has 0 radical (unpaired) electrons. The van der Waals surface area contributed by atoms with Crippen LogP contribution in [-0.2, 0) is 9.47 Å². The van der Waals surface area contributed by atoms with E-state index in [9.17, 15) is 35.9 Å². The van der Waals surface area contributed by atoms with E-state index in [1.807, 2.05) is 0 Å². The van der Waals surface area contributed by atoms with Crippen LogP contribution in [0.1, 0.15) is 20.7 Å². The summed E-state index contributed by atoms with van der Waals surface area (Å²) in [5.74, 6) is -2.32. The normalized spacial score (nSPS) is 10.8. The minimum absolute atomic E-state index is 0.0347. The maximum Gasteiger partial charge on any atom is 0.573 e. The number of methoxy groups -OCH3 is 2. The Morgan fingerprint density at radius 1 is 0.673 bits per heavy atom. The molecule has 0 spiro atoms. The van der Waals surface area contributed by atoms with Crippen LogP contribution in [0, 0.1) is 0 Å². The van der Waals surface area contributed by atoms with Crippen molar-refractivity contribution in [1.29, 1.82) is 0 Å². The number of carbonyl (C=O) groups excluding carboxylic acids is 2. The SMILES string of the molecule is COC(=O)c1cnc(Br)cc1Cl.COC(=O)c1cnc(Br)cc1Oc1ccc(OC(F)(F)F)c(Cl)c1.Oc1ccc(OC(F)(F)F)c(Cl)c1. The quantitative estimate of drug-likeness (QED) is 0.114. The number of phenols is 1. The number of halogens is 11. The minimum atomic E-state index is -4.86. The molecule has 0 saturated heterocycles. The Morgan fingerprint density at radius 3 is 1.61 bits per heavy atom. The van der Waals surface area contributed by atoms with Crippen LogP contribution in [0.4, 0.5) is 26.3 Å². The fourth-order valence-corrected chi connectivity index (χ4v) is 4.43. The third kappa shape index (κ3) is 14.4. The van der Waals surface area contributed by atoms with E-state index < -0.39 is 36.2 Å². The highest BCUT2D eigenvalue weighted by atomic mass is 79.9. The van der Waals surface area contributed by atoms with Crippen molar-refractivity contribution in [3.05, 3.63) is 96.3 Å². The number of esters is 2. The molecule has 10 nitrogen and oxygen atoms in total. The van der Waals surface area contributed by atoms with Crippen LogP contribution in [-0.4, -0.2) is 54.0 Å². The molecule has 0 fully saturated rings. The van der Waals surface area contributed by atoms with Crippen molar-refractivity contribution in [2.24, 2.45) is 0 Å². The molecule has 0 bridgehead atoms. The Kier molecular flexibility index (Phi) is 15.5. The van der Waals surface area contributed by atoms with Crippen molar-refractivity contribution in [1.82, 2.24) is 9.97 Å². The second kappa shape index (κ2) is 18.3. The van der Waals surface area contributed by atoms with Gasteiger partial charge in [0.25, 0.3) is 0 Å². The van der Waals surface area contributed by atoms with Gasteiger partial charge in [-0.25, -0.2) is 19.6 Å². The van der Waals surface area contributed by atoms with E-state index in [0.717, 1.165) is 30.3 Å². The van der Waals surface area contributed by atoms with Crippen molar-refractivity contribution >= 4 is 78.6 Å². The number of aromatic hydroxyl groups is 1. The molecule has 4 rings (SSSR count). The van der Waals surface area contributed by atoms with Gasteiger partial charge in [-0.05, 0) is 62.2 Å². The first-order chi connectivity index (χ1) is 22.7. The van der Waals surface area contributed by atoms with Gasteiger partial charge in [0, 0.05) is 30.6 Å². The Bertz CT molecular complexity index is 1790. The molecule has 0 amide bonds. The highest BCUT2D eigenvalue weighted by Gasteiger charge is 2.33. The van der Waals surface area contributed by atoms with Crippen LogP contribution >= 0.6 is 66.7 Å². The summed E-state index contributed by atoms with van der Waals surface area (Å²) >= 11 is 23.1. The number of rotatable bonds is 6. The Labute approximate surface area is 304 Å². The predicted octanol–water partition coefficient (Wildman–Crippen LogP) is 10.2. The molecule has 0 saturated carbocycles. The predicted molar refractivity (Wildman–Crippen MR) is 170 cm³/mol. The number of alkyl halides is 6. The van der Waals surface area contributed by atoms with Gasteiger partial charge < -0.3 is 28.8 Å². The van der Waals surface area contributed by atoms with Crippen molar-refractivity contribution < 1.29 is 64.7 Å². The van der Waals surface area contributed by atoms with Gasteiger partial charge in [0.15, 0.2) is 0 Å². The molecule has 0 aliphatic heterocycles. The lowest BCUT2D eigenvalue weighted by molar-refractivity contribution is -0.275. The summed E-state index contributed by atoms with van der Waals surface area (Å²) in [6.07, 6.45) is -7.05. The molecule has 264 valence electrons. The number of phenolic OH excluding ortho intramolecular Hbond substituents is 1. The topological polar surface area (TPSA) is 126 Å². The average Bonchev–Trinajstić information content (AvgIpc) is 2.99. The summed E-state index contributed by atoms with van der Waals surface area (Å²) in [6.45, 7) is 0. The van der Waals surface area contributed by atoms with Gasteiger partial charge in [-0.3, -0.25) is 0 Å². The molecule has 2 aromatic heterocycles. The highest BCUT2D eigenvalue weighted by molar-refractivity contribution is 9.10.